The van der Waals surface area contributed by atoms with Crippen molar-refractivity contribution >= 4 is 28.2 Å². The fourth-order valence-corrected chi connectivity index (χ4v) is 5.11. The number of thiophene rings is 1. The van der Waals surface area contributed by atoms with Crippen LogP contribution in [0, 0.1) is 5.92 Å². The highest BCUT2D eigenvalue weighted by Crippen LogP contribution is 2.39. The number of nitrogens with one attached hydrogen (secondary N) is 1. The van der Waals surface area contributed by atoms with Gasteiger partial charge in [-0.1, -0.05) is 32.6 Å². The molecule has 0 saturated heterocycles. The molecule has 1 aromatic heterocycles. The van der Waals surface area contributed by atoms with Crippen molar-refractivity contribution in [1.82, 2.24) is 0 Å². The van der Waals surface area contributed by atoms with Crippen molar-refractivity contribution in [3.05, 3.63) is 16.0 Å². The summed E-state index contributed by atoms with van der Waals surface area (Å²) in [5.41, 5.74) is 1.76. The van der Waals surface area contributed by atoms with Crippen LogP contribution in [-0.2, 0) is 22.4 Å². The predicted octanol–water partition coefficient (Wildman–Crippen LogP) is 5.10. The zero-order valence-electron chi connectivity index (χ0n) is 15.2. The van der Waals surface area contributed by atoms with Gasteiger partial charge in [-0.2, -0.15) is 0 Å². The van der Waals surface area contributed by atoms with E-state index in [0.717, 1.165) is 74.8 Å². The summed E-state index contributed by atoms with van der Waals surface area (Å²) in [6, 6.07) is 0. The Bertz CT molecular complexity index is 617. The molecule has 0 bridgehead atoms. The van der Waals surface area contributed by atoms with Crippen LogP contribution in [0.3, 0.4) is 0 Å². The number of carbonyl (C=O) groups is 2. The van der Waals surface area contributed by atoms with Crippen molar-refractivity contribution in [3.8, 4) is 0 Å². The van der Waals surface area contributed by atoms with Gasteiger partial charge < -0.3 is 10.1 Å². The van der Waals surface area contributed by atoms with Crippen molar-refractivity contribution in [3.63, 3.8) is 0 Å². The van der Waals surface area contributed by atoms with Gasteiger partial charge in [0.15, 0.2) is 0 Å². The average molecular weight is 364 g/mol. The highest BCUT2D eigenvalue weighted by atomic mass is 32.1. The van der Waals surface area contributed by atoms with Crippen LogP contribution in [-0.4, -0.2) is 18.5 Å². The van der Waals surface area contributed by atoms with E-state index in [9.17, 15) is 9.59 Å². The Morgan fingerprint density at radius 2 is 1.88 bits per heavy atom. The number of aryl methyl sites for hydroxylation is 1. The number of ether oxygens (including phenoxy) is 1. The van der Waals surface area contributed by atoms with Gasteiger partial charge in [0.2, 0.25) is 5.91 Å². The molecule has 1 saturated carbocycles. The maximum absolute atomic E-state index is 12.7. The van der Waals surface area contributed by atoms with Crippen molar-refractivity contribution in [2.75, 3.05) is 11.9 Å². The summed E-state index contributed by atoms with van der Waals surface area (Å²) in [5, 5.41) is 3.81. The minimum atomic E-state index is -0.258. The van der Waals surface area contributed by atoms with Gasteiger partial charge >= 0.3 is 5.97 Å². The second kappa shape index (κ2) is 8.84. The minimum absolute atomic E-state index is 0.0842. The molecule has 0 unspecified atom stereocenters. The van der Waals surface area contributed by atoms with E-state index in [2.05, 4.69) is 12.2 Å². The summed E-state index contributed by atoms with van der Waals surface area (Å²) in [4.78, 5) is 26.6. The molecular formula is C20H29NO3S. The Hall–Kier alpha value is -1.36. The Kier molecular flexibility index (Phi) is 6.51. The molecule has 1 N–H and O–H groups in total. The zero-order valence-corrected chi connectivity index (χ0v) is 16.0. The Balaban J connectivity index is 1.78. The third-order valence-electron chi connectivity index (χ3n) is 5.32. The molecule has 2 aliphatic carbocycles. The SMILES string of the molecule is CCCCOC(=O)c1c(NC(=O)C2CCCCC2)sc2c1CCCC2. The molecule has 3 rings (SSSR count). The topological polar surface area (TPSA) is 55.4 Å². The minimum Gasteiger partial charge on any atom is -0.462 e. The van der Waals surface area contributed by atoms with Gasteiger partial charge in [0.05, 0.1) is 12.2 Å². The molecule has 138 valence electrons. The lowest BCUT2D eigenvalue weighted by atomic mass is 9.88. The van der Waals surface area contributed by atoms with Crippen LogP contribution in [0.15, 0.2) is 0 Å². The monoisotopic (exact) mass is 363 g/mol. The molecule has 4 nitrogen and oxygen atoms in total. The zero-order chi connectivity index (χ0) is 17.6. The fourth-order valence-electron chi connectivity index (χ4n) is 3.83. The summed E-state index contributed by atoms with van der Waals surface area (Å²) < 4.78 is 5.48. The molecular weight excluding hydrogens is 334 g/mol. The highest BCUT2D eigenvalue weighted by Gasteiger charge is 2.29. The van der Waals surface area contributed by atoms with Gasteiger partial charge in [-0.05, 0) is 50.5 Å². The van der Waals surface area contributed by atoms with E-state index in [4.69, 9.17) is 4.74 Å². The van der Waals surface area contributed by atoms with E-state index in [1.54, 1.807) is 11.3 Å². The van der Waals surface area contributed by atoms with E-state index < -0.39 is 0 Å². The summed E-state index contributed by atoms with van der Waals surface area (Å²) >= 11 is 1.59. The van der Waals surface area contributed by atoms with Gasteiger partial charge in [-0.15, -0.1) is 11.3 Å². The van der Waals surface area contributed by atoms with Crippen LogP contribution in [0.25, 0.3) is 0 Å². The molecule has 1 amide bonds. The van der Waals surface area contributed by atoms with Gasteiger partial charge in [0.25, 0.3) is 0 Å². The molecule has 0 aromatic carbocycles. The number of hydrogen-bond donors (Lipinski definition) is 1. The average Bonchev–Trinajstić information content (AvgIpc) is 3.00. The van der Waals surface area contributed by atoms with Gasteiger partial charge in [-0.3, -0.25) is 4.79 Å². The van der Waals surface area contributed by atoms with Crippen molar-refractivity contribution in [2.24, 2.45) is 5.92 Å². The molecule has 1 heterocycles. The normalized spacial score (nSPS) is 17.8. The summed E-state index contributed by atoms with van der Waals surface area (Å²) in [6.45, 7) is 2.53. The number of amides is 1. The van der Waals surface area contributed by atoms with Gasteiger partial charge in [0.1, 0.15) is 5.00 Å². The highest BCUT2D eigenvalue weighted by molar-refractivity contribution is 7.17. The smallest absolute Gasteiger partial charge is 0.341 e. The first-order chi connectivity index (χ1) is 12.2. The number of esters is 1. The van der Waals surface area contributed by atoms with E-state index in [0.29, 0.717) is 12.2 Å². The Morgan fingerprint density at radius 3 is 2.64 bits per heavy atom. The van der Waals surface area contributed by atoms with Crippen molar-refractivity contribution in [2.45, 2.75) is 77.6 Å². The second-order valence-corrected chi connectivity index (χ2v) is 8.33. The van der Waals surface area contributed by atoms with Crippen LogP contribution < -0.4 is 5.32 Å². The lowest BCUT2D eigenvalue weighted by Gasteiger charge is -2.20. The van der Waals surface area contributed by atoms with E-state index >= 15 is 0 Å². The summed E-state index contributed by atoms with van der Waals surface area (Å²) in [7, 11) is 0. The summed E-state index contributed by atoms with van der Waals surface area (Å²) in [6.07, 6.45) is 11.5. The van der Waals surface area contributed by atoms with Crippen molar-refractivity contribution < 1.29 is 14.3 Å². The first kappa shape index (κ1) is 18.4. The van der Waals surface area contributed by atoms with Crippen LogP contribution in [0.2, 0.25) is 0 Å². The van der Waals surface area contributed by atoms with Gasteiger partial charge in [0, 0.05) is 10.8 Å². The molecule has 0 spiro atoms. The van der Waals surface area contributed by atoms with Gasteiger partial charge in [-0.25, -0.2) is 4.79 Å². The molecule has 0 radical (unpaired) electrons. The number of rotatable bonds is 6. The fraction of sp³-hybridized carbons (Fsp3) is 0.700. The second-order valence-electron chi connectivity index (χ2n) is 7.23. The Morgan fingerprint density at radius 1 is 1.12 bits per heavy atom. The third kappa shape index (κ3) is 4.43. The molecule has 0 atom stereocenters. The molecule has 1 fully saturated rings. The standard InChI is InChI=1S/C20H29NO3S/c1-2-3-13-24-20(23)17-15-11-7-8-12-16(15)25-19(17)21-18(22)14-9-5-4-6-10-14/h14H,2-13H2,1H3,(H,21,22). The maximum Gasteiger partial charge on any atom is 0.341 e. The molecule has 25 heavy (non-hydrogen) atoms. The lowest BCUT2D eigenvalue weighted by Crippen LogP contribution is -2.25. The van der Waals surface area contributed by atoms with E-state index in [1.807, 2.05) is 0 Å². The predicted molar refractivity (Wildman–Crippen MR) is 101 cm³/mol. The molecule has 2 aliphatic rings. The van der Waals surface area contributed by atoms with Crippen molar-refractivity contribution in [1.29, 1.82) is 0 Å². The molecule has 5 heteroatoms. The van der Waals surface area contributed by atoms with E-state index in [1.165, 1.54) is 11.3 Å². The lowest BCUT2D eigenvalue weighted by molar-refractivity contribution is -0.120. The number of anilines is 1. The number of hydrogen-bond acceptors (Lipinski definition) is 4. The molecule has 0 aliphatic heterocycles. The molecule has 1 aromatic rings. The van der Waals surface area contributed by atoms with Crippen LogP contribution in [0.5, 0.6) is 0 Å². The van der Waals surface area contributed by atoms with Crippen LogP contribution >= 0.6 is 11.3 Å². The quantitative estimate of drug-likeness (QED) is 0.565. The van der Waals surface area contributed by atoms with Crippen LogP contribution in [0.4, 0.5) is 5.00 Å². The maximum atomic E-state index is 12.7. The number of fused-ring (bicyclic) bond motifs is 1. The number of unbranched alkanes of at least 4 members (excludes halogenated alkanes) is 1. The summed E-state index contributed by atoms with van der Waals surface area (Å²) in [5.74, 6) is -0.0791. The van der Waals surface area contributed by atoms with E-state index in [-0.39, 0.29) is 17.8 Å². The van der Waals surface area contributed by atoms with Crippen LogP contribution in [0.1, 0.15) is 85.5 Å². The first-order valence-electron chi connectivity index (χ1n) is 9.83. The first-order valence-corrected chi connectivity index (χ1v) is 10.6. The third-order valence-corrected chi connectivity index (χ3v) is 6.53. The number of carbonyl (C=O) groups excluding carboxylic acids is 2. The Labute approximate surface area is 154 Å². The largest absolute Gasteiger partial charge is 0.462 e.